The van der Waals surface area contributed by atoms with E-state index in [2.05, 4.69) is 10.3 Å². The van der Waals surface area contributed by atoms with Gasteiger partial charge in [-0.3, -0.25) is 14.6 Å². The molecule has 0 bridgehead atoms. The molecule has 1 aliphatic carbocycles. The van der Waals surface area contributed by atoms with Crippen LogP contribution in [0.5, 0.6) is 0 Å². The Kier molecular flexibility index (Phi) is 5.89. The molecule has 0 radical (unpaired) electrons. The number of likely N-dealkylation sites (tertiary alicyclic amines) is 1. The number of nitrogens with one attached hydrogen (secondary N) is 1. The van der Waals surface area contributed by atoms with Gasteiger partial charge in [0.2, 0.25) is 5.91 Å². The number of nitrogens with zero attached hydrogens (tertiary/aromatic N) is 2. The third-order valence-corrected chi connectivity index (χ3v) is 7.08. The van der Waals surface area contributed by atoms with E-state index in [9.17, 15) is 9.59 Å². The number of benzene rings is 1. The highest BCUT2D eigenvalue weighted by molar-refractivity contribution is 5.96. The van der Waals surface area contributed by atoms with Crippen molar-refractivity contribution in [1.29, 1.82) is 0 Å². The zero-order valence-corrected chi connectivity index (χ0v) is 18.0. The van der Waals surface area contributed by atoms with Gasteiger partial charge in [-0.05, 0) is 86.3 Å². The molecule has 4 rings (SSSR count). The van der Waals surface area contributed by atoms with E-state index in [0.717, 1.165) is 61.9 Å². The Bertz CT molecular complexity index is 917. The Morgan fingerprint density at radius 3 is 2.60 bits per heavy atom. The van der Waals surface area contributed by atoms with Gasteiger partial charge in [0, 0.05) is 43.5 Å². The number of amides is 2. The van der Waals surface area contributed by atoms with Crippen LogP contribution in [0.3, 0.4) is 0 Å². The molecule has 5 nitrogen and oxygen atoms in total. The van der Waals surface area contributed by atoms with Gasteiger partial charge in [-0.15, -0.1) is 0 Å². The highest BCUT2D eigenvalue weighted by atomic mass is 16.2. The quantitative estimate of drug-likeness (QED) is 0.746. The molecule has 1 aliphatic heterocycles. The van der Waals surface area contributed by atoms with Gasteiger partial charge in [-0.1, -0.05) is 12.1 Å². The average molecular weight is 406 g/mol. The highest BCUT2D eigenvalue weighted by Crippen LogP contribution is 2.59. The van der Waals surface area contributed by atoms with Crippen molar-refractivity contribution in [1.82, 2.24) is 15.2 Å². The third-order valence-electron chi connectivity index (χ3n) is 7.08. The van der Waals surface area contributed by atoms with E-state index >= 15 is 0 Å². The zero-order valence-electron chi connectivity index (χ0n) is 18.0. The molecule has 30 heavy (non-hydrogen) atoms. The number of hydrogen-bond acceptors (Lipinski definition) is 3. The van der Waals surface area contributed by atoms with Crippen LogP contribution in [0.15, 0.2) is 42.7 Å². The van der Waals surface area contributed by atoms with Crippen molar-refractivity contribution < 1.29 is 9.59 Å². The molecule has 2 aromatic rings. The zero-order chi connectivity index (χ0) is 21.1. The fourth-order valence-corrected chi connectivity index (χ4v) is 4.76. The number of piperidine rings is 1. The second-order valence-corrected chi connectivity index (χ2v) is 8.91. The lowest BCUT2D eigenvalue weighted by atomic mass is 9.90. The Balaban J connectivity index is 1.23. The lowest BCUT2D eigenvalue weighted by molar-refractivity contribution is -0.123. The van der Waals surface area contributed by atoms with Crippen LogP contribution in [0.1, 0.15) is 52.7 Å². The van der Waals surface area contributed by atoms with Gasteiger partial charge in [0.05, 0.1) is 0 Å². The molecule has 2 aliphatic rings. The smallest absolute Gasteiger partial charge is 0.254 e. The summed E-state index contributed by atoms with van der Waals surface area (Å²) in [6.45, 7) is 6.27. The number of carbonyl (C=O) groups is 2. The molecule has 1 aromatic heterocycles. The molecule has 5 heteroatoms. The first-order valence-electron chi connectivity index (χ1n) is 11.0. The minimum atomic E-state index is 0.119. The van der Waals surface area contributed by atoms with Crippen molar-refractivity contribution in [3.05, 3.63) is 65.0 Å². The first-order chi connectivity index (χ1) is 14.5. The molecule has 1 N–H and O–H groups in total. The van der Waals surface area contributed by atoms with Crippen LogP contribution < -0.4 is 5.32 Å². The molecule has 1 saturated heterocycles. The van der Waals surface area contributed by atoms with Gasteiger partial charge in [0.15, 0.2) is 0 Å². The van der Waals surface area contributed by atoms with Gasteiger partial charge in [0.1, 0.15) is 0 Å². The summed E-state index contributed by atoms with van der Waals surface area (Å²) < 4.78 is 0. The van der Waals surface area contributed by atoms with E-state index in [4.69, 9.17) is 0 Å². The van der Waals surface area contributed by atoms with E-state index < -0.39 is 0 Å². The minimum Gasteiger partial charge on any atom is -0.356 e. The topological polar surface area (TPSA) is 62.3 Å². The molecule has 1 aromatic carbocycles. The summed E-state index contributed by atoms with van der Waals surface area (Å²) in [5.74, 6) is 0.444. The van der Waals surface area contributed by atoms with E-state index in [0.29, 0.717) is 6.54 Å². The Morgan fingerprint density at radius 1 is 1.13 bits per heavy atom. The Hall–Kier alpha value is -2.69. The lowest BCUT2D eigenvalue weighted by Crippen LogP contribution is -2.41. The first-order valence-corrected chi connectivity index (χ1v) is 11.0. The number of pyridine rings is 1. The van der Waals surface area contributed by atoms with Crippen LogP contribution in [-0.2, 0) is 11.2 Å². The maximum Gasteiger partial charge on any atom is 0.254 e. The van der Waals surface area contributed by atoms with Crippen LogP contribution in [0.25, 0.3) is 0 Å². The number of rotatable bonds is 6. The number of aromatic nitrogens is 1. The molecule has 1 saturated carbocycles. The molecule has 1 spiro atoms. The largest absolute Gasteiger partial charge is 0.356 e. The van der Waals surface area contributed by atoms with Crippen LogP contribution in [-0.4, -0.2) is 41.3 Å². The fourth-order valence-electron chi connectivity index (χ4n) is 4.76. The summed E-state index contributed by atoms with van der Waals surface area (Å²) in [5.41, 5.74) is 4.40. The predicted octanol–water partition coefficient (Wildman–Crippen LogP) is 3.69. The first kappa shape index (κ1) is 20.6. The van der Waals surface area contributed by atoms with Crippen molar-refractivity contribution in [2.24, 2.45) is 11.3 Å². The standard InChI is InChI=1S/C25H31N3O2/c1-18-5-3-7-21(19(18)2)24(30)28-15-10-25(11-16-28)17-22(25)23(29)27-12-4-6-20-8-13-26-14-9-20/h3,5,7-9,13-14,22H,4,6,10-12,15-17H2,1-2H3,(H,27,29). The van der Waals surface area contributed by atoms with Crippen LogP contribution in [0, 0.1) is 25.2 Å². The summed E-state index contributed by atoms with van der Waals surface area (Å²) in [5, 5.41) is 3.12. The fraction of sp³-hybridized carbons (Fsp3) is 0.480. The van der Waals surface area contributed by atoms with E-state index in [1.54, 1.807) is 12.4 Å². The van der Waals surface area contributed by atoms with Crippen LogP contribution >= 0.6 is 0 Å². The normalized spacial score (nSPS) is 19.5. The number of carbonyl (C=O) groups excluding carboxylic acids is 2. The average Bonchev–Trinajstić information content (AvgIpc) is 3.47. The van der Waals surface area contributed by atoms with Crippen LogP contribution in [0.2, 0.25) is 0 Å². The Morgan fingerprint density at radius 2 is 1.87 bits per heavy atom. The van der Waals surface area contributed by atoms with Gasteiger partial charge in [-0.25, -0.2) is 0 Å². The maximum atomic E-state index is 13.0. The van der Waals surface area contributed by atoms with E-state index in [-0.39, 0.29) is 23.1 Å². The second-order valence-electron chi connectivity index (χ2n) is 8.91. The van der Waals surface area contributed by atoms with Crippen molar-refractivity contribution >= 4 is 11.8 Å². The summed E-state index contributed by atoms with van der Waals surface area (Å²) in [4.78, 5) is 31.6. The molecule has 2 amide bonds. The van der Waals surface area contributed by atoms with Crippen molar-refractivity contribution in [2.45, 2.75) is 46.0 Å². The van der Waals surface area contributed by atoms with E-state index in [1.807, 2.05) is 49.1 Å². The molecule has 1 atom stereocenters. The molecular formula is C25H31N3O2. The highest BCUT2D eigenvalue weighted by Gasteiger charge is 2.58. The molecular weight excluding hydrogens is 374 g/mol. The lowest BCUT2D eigenvalue weighted by Gasteiger charge is -2.33. The summed E-state index contributed by atoms with van der Waals surface area (Å²) >= 11 is 0. The number of hydrogen-bond donors (Lipinski definition) is 1. The third kappa shape index (κ3) is 4.25. The molecule has 1 unspecified atom stereocenters. The maximum absolute atomic E-state index is 13.0. The van der Waals surface area contributed by atoms with Gasteiger partial charge < -0.3 is 10.2 Å². The van der Waals surface area contributed by atoms with Crippen molar-refractivity contribution in [3.63, 3.8) is 0 Å². The number of aryl methyl sites for hydroxylation is 2. The summed E-state index contributed by atoms with van der Waals surface area (Å²) in [7, 11) is 0. The Labute approximate surface area is 178 Å². The molecule has 2 fully saturated rings. The minimum absolute atomic E-state index is 0.119. The predicted molar refractivity (Wildman–Crippen MR) is 117 cm³/mol. The van der Waals surface area contributed by atoms with Gasteiger partial charge in [0.25, 0.3) is 5.91 Å². The molecule has 2 heterocycles. The van der Waals surface area contributed by atoms with Gasteiger partial charge in [-0.2, -0.15) is 0 Å². The van der Waals surface area contributed by atoms with Gasteiger partial charge >= 0.3 is 0 Å². The summed E-state index contributed by atoms with van der Waals surface area (Å²) in [6, 6.07) is 9.96. The SMILES string of the molecule is Cc1cccc(C(=O)N2CCC3(CC2)CC3C(=O)NCCCc2ccncc2)c1C. The second kappa shape index (κ2) is 8.58. The van der Waals surface area contributed by atoms with Crippen molar-refractivity contribution in [3.8, 4) is 0 Å². The van der Waals surface area contributed by atoms with E-state index in [1.165, 1.54) is 5.56 Å². The molecule has 158 valence electrons. The van der Waals surface area contributed by atoms with Crippen LogP contribution in [0.4, 0.5) is 0 Å². The monoisotopic (exact) mass is 405 g/mol. The van der Waals surface area contributed by atoms with Crippen molar-refractivity contribution in [2.75, 3.05) is 19.6 Å². The summed E-state index contributed by atoms with van der Waals surface area (Å²) in [6.07, 6.45) is 8.33.